The van der Waals surface area contributed by atoms with Crippen LogP contribution in [0.25, 0.3) is 0 Å². The van der Waals surface area contributed by atoms with Crippen molar-refractivity contribution < 1.29 is 4.79 Å². The van der Waals surface area contributed by atoms with Crippen molar-refractivity contribution in [3.8, 4) is 0 Å². The molecule has 3 heteroatoms. The van der Waals surface area contributed by atoms with Gasteiger partial charge in [-0.3, -0.25) is 4.79 Å². The van der Waals surface area contributed by atoms with Gasteiger partial charge in [0.25, 0.3) is 0 Å². The number of amides is 1. The van der Waals surface area contributed by atoms with E-state index in [2.05, 4.69) is 29.8 Å². The van der Waals surface area contributed by atoms with Gasteiger partial charge in [0.1, 0.15) is 0 Å². The van der Waals surface area contributed by atoms with Crippen molar-refractivity contribution in [2.24, 2.45) is 5.73 Å². The summed E-state index contributed by atoms with van der Waals surface area (Å²) in [5.41, 5.74) is 6.90. The molecule has 13 heavy (non-hydrogen) atoms. The van der Waals surface area contributed by atoms with Gasteiger partial charge in [0.15, 0.2) is 0 Å². The number of benzene rings is 1. The lowest BCUT2D eigenvalue weighted by Crippen LogP contribution is -2.11. The summed E-state index contributed by atoms with van der Waals surface area (Å²) in [7, 11) is 0. The predicted molar refractivity (Wildman–Crippen MR) is 56.7 cm³/mol. The quantitative estimate of drug-likeness (QED) is 0.851. The van der Waals surface area contributed by atoms with E-state index in [4.69, 9.17) is 5.73 Å². The van der Waals surface area contributed by atoms with Crippen molar-refractivity contribution in [1.29, 1.82) is 0 Å². The van der Waals surface area contributed by atoms with Crippen molar-refractivity contribution >= 4 is 21.8 Å². The number of carbonyl (C=O) groups excluding carboxylic acids is 1. The molecule has 0 saturated heterocycles. The van der Waals surface area contributed by atoms with Crippen LogP contribution in [0.4, 0.5) is 0 Å². The van der Waals surface area contributed by atoms with Gasteiger partial charge in [-0.15, -0.1) is 0 Å². The number of hydrogen-bond acceptors (Lipinski definition) is 1. The van der Waals surface area contributed by atoms with Gasteiger partial charge in [-0.25, -0.2) is 0 Å². The first-order valence-corrected chi connectivity index (χ1v) is 4.91. The zero-order valence-corrected chi connectivity index (χ0v) is 9.26. The SMILES string of the molecule is CC(C)c1ccc(C(N)=O)c(Br)c1. The molecular formula is C10H12BrNO. The molecule has 0 unspecified atom stereocenters. The van der Waals surface area contributed by atoms with Gasteiger partial charge in [0.05, 0.1) is 5.56 Å². The van der Waals surface area contributed by atoms with Crippen molar-refractivity contribution in [2.45, 2.75) is 19.8 Å². The fourth-order valence-electron chi connectivity index (χ4n) is 1.09. The van der Waals surface area contributed by atoms with E-state index in [1.165, 1.54) is 5.56 Å². The molecule has 0 aliphatic rings. The lowest BCUT2D eigenvalue weighted by molar-refractivity contribution is 0.0999. The first kappa shape index (κ1) is 10.3. The van der Waals surface area contributed by atoms with E-state index in [9.17, 15) is 4.79 Å². The van der Waals surface area contributed by atoms with E-state index in [0.29, 0.717) is 11.5 Å². The van der Waals surface area contributed by atoms with E-state index in [-0.39, 0.29) is 0 Å². The summed E-state index contributed by atoms with van der Waals surface area (Å²) in [5.74, 6) is 0.0559. The number of hydrogen-bond donors (Lipinski definition) is 1. The minimum absolute atomic E-state index is 0.401. The van der Waals surface area contributed by atoms with E-state index < -0.39 is 5.91 Å². The summed E-state index contributed by atoms with van der Waals surface area (Å²) in [4.78, 5) is 10.9. The van der Waals surface area contributed by atoms with Crippen LogP contribution in [0.2, 0.25) is 0 Å². The number of primary amides is 1. The molecule has 0 fully saturated rings. The van der Waals surface area contributed by atoms with Gasteiger partial charge < -0.3 is 5.73 Å². The summed E-state index contributed by atoms with van der Waals surface area (Å²) in [6.45, 7) is 4.21. The normalized spacial score (nSPS) is 10.5. The molecule has 0 radical (unpaired) electrons. The van der Waals surface area contributed by atoms with Crippen LogP contribution in [-0.4, -0.2) is 5.91 Å². The van der Waals surface area contributed by atoms with Gasteiger partial charge in [0.2, 0.25) is 5.91 Å². The summed E-state index contributed by atoms with van der Waals surface area (Å²) in [5, 5.41) is 0. The maximum atomic E-state index is 10.9. The van der Waals surface area contributed by atoms with Crippen LogP contribution < -0.4 is 5.73 Å². The predicted octanol–water partition coefficient (Wildman–Crippen LogP) is 2.67. The van der Waals surface area contributed by atoms with Crippen LogP contribution in [-0.2, 0) is 0 Å². The molecular weight excluding hydrogens is 230 g/mol. The fraction of sp³-hybridized carbons (Fsp3) is 0.300. The Balaban J connectivity index is 3.13. The molecule has 2 nitrogen and oxygen atoms in total. The second-order valence-corrected chi connectivity index (χ2v) is 4.11. The summed E-state index contributed by atoms with van der Waals surface area (Å²) < 4.78 is 0.770. The van der Waals surface area contributed by atoms with Gasteiger partial charge in [-0.05, 0) is 39.5 Å². The van der Waals surface area contributed by atoms with Crippen LogP contribution in [0.1, 0.15) is 35.7 Å². The molecule has 2 N–H and O–H groups in total. The van der Waals surface area contributed by atoms with Gasteiger partial charge in [-0.1, -0.05) is 19.9 Å². The van der Waals surface area contributed by atoms with E-state index >= 15 is 0 Å². The van der Waals surface area contributed by atoms with Crippen LogP contribution in [0.3, 0.4) is 0 Å². The Morgan fingerprint density at radius 1 is 1.46 bits per heavy atom. The van der Waals surface area contributed by atoms with Gasteiger partial charge in [-0.2, -0.15) is 0 Å². The Bertz CT molecular complexity index is 334. The van der Waals surface area contributed by atoms with E-state index in [1.54, 1.807) is 6.07 Å². The van der Waals surface area contributed by atoms with Crippen molar-refractivity contribution in [2.75, 3.05) is 0 Å². The third-order valence-corrected chi connectivity index (χ3v) is 2.58. The Morgan fingerprint density at radius 2 is 2.08 bits per heavy atom. The standard InChI is InChI=1S/C10H12BrNO/c1-6(2)7-3-4-8(10(12)13)9(11)5-7/h3-6H,1-2H3,(H2,12,13). The van der Waals surface area contributed by atoms with Crippen molar-refractivity contribution in [3.63, 3.8) is 0 Å². The lowest BCUT2D eigenvalue weighted by Gasteiger charge is -2.07. The lowest BCUT2D eigenvalue weighted by atomic mass is 10.0. The Hall–Kier alpha value is -0.830. The number of nitrogens with two attached hydrogens (primary N) is 1. The smallest absolute Gasteiger partial charge is 0.249 e. The zero-order valence-electron chi connectivity index (χ0n) is 7.67. The topological polar surface area (TPSA) is 43.1 Å². The molecule has 0 aliphatic heterocycles. The molecule has 1 aromatic carbocycles. The highest BCUT2D eigenvalue weighted by atomic mass is 79.9. The van der Waals surface area contributed by atoms with Gasteiger partial charge in [0, 0.05) is 4.47 Å². The third kappa shape index (κ3) is 2.31. The van der Waals surface area contributed by atoms with Gasteiger partial charge >= 0.3 is 0 Å². The van der Waals surface area contributed by atoms with Crippen LogP contribution in [0.15, 0.2) is 22.7 Å². The molecule has 1 rings (SSSR count). The highest BCUT2D eigenvalue weighted by Crippen LogP contribution is 2.22. The summed E-state index contributed by atoms with van der Waals surface area (Å²) >= 11 is 3.32. The first-order valence-electron chi connectivity index (χ1n) is 4.11. The highest BCUT2D eigenvalue weighted by Gasteiger charge is 2.07. The highest BCUT2D eigenvalue weighted by molar-refractivity contribution is 9.10. The summed E-state index contributed by atoms with van der Waals surface area (Å²) in [6.07, 6.45) is 0. The van der Waals surface area contributed by atoms with Crippen LogP contribution in [0, 0.1) is 0 Å². The molecule has 1 amide bonds. The zero-order chi connectivity index (χ0) is 10.0. The minimum atomic E-state index is -0.401. The molecule has 0 aliphatic carbocycles. The minimum Gasteiger partial charge on any atom is -0.366 e. The molecule has 0 heterocycles. The maximum Gasteiger partial charge on any atom is 0.249 e. The van der Waals surface area contributed by atoms with E-state index in [0.717, 1.165) is 4.47 Å². The molecule has 0 atom stereocenters. The second-order valence-electron chi connectivity index (χ2n) is 3.26. The monoisotopic (exact) mass is 241 g/mol. The molecule has 0 aromatic heterocycles. The first-order chi connectivity index (χ1) is 6.02. The average molecular weight is 242 g/mol. The van der Waals surface area contributed by atoms with Crippen molar-refractivity contribution in [1.82, 2.24) is 0 Å². The van der Waals surface area contributed by atoms with Crippen LogP contribution >= 0.6 is 15.9 Å². The number of carbonyl (C=O) groups is 1. The number of halogens is 1. The molecule has 0 bridgehead atoms. The fourth-order valence-corrected chi connectivity index (χ4v) is 1.68. The molecule has 1 aromatic rings. The Labute approximate surface area is 86.3 Å². The maximum absolute atomic E-state index is 10.9. The average Bonchev–Trinajstić information content (AvgIpc) is 2.03. The van der Waals surface area contributed by atoms with Crippen molar-refractivity contribution in [3.05, 3.63) is 33.8 Å². The largest absolute Gasteiger partial charge is 0.366 e. The molecule has 70 valence electrons. The second kappa shape index (κ2) is 3.92. The summed E-state index contributed by atoms with van der Waals surface area (Å²) in [6, 6.07) is 5.61. The van der Waals surface area contributed by atoms with Crippen LogP contribution in [0.5, 0.6) is 0 Å². The number of rotatable bonds is 2. The third-order valence-electron chi connectivity index (χ3n) is 1.93. The Kier molecular flexibility index (Phi) is 3.09. The molecule has 0 saturated carbocycles. The molecule has 0 spiro atoms. The van der Waals surface area contributed by atoms with E-state index in [1.807, 2.05) is 12.1 Å². The Morgan fingerprint density at radius 3 is 2.46 bits per heavy atom.